The largest absolute Gasteiger partial charge is 0.550 e. The number of aliphatic carboxylic acids is 2. The number of nitrogens with two attached hydrogens (primary N) is 2. The third-order valence-electron chi connectivity index (χ3n) is 6.43. The Morgan fingerprint density at radius 1 is 1.11 bits per heavy atom. The van der Waals surface area contributed by atoms with Gasteiger partial charge < -0.3 is 35.7 Å². The highest BCUT2D eigenvalue weighted by molar-refractivity contribution is 5.84. The van der Waals surface area contributed by atoms with Crippen LogP contribution in [0.25, 0.3) is 0 Å². The molecule has 0 aliphatic heterocycles. The van der Waals surface area contributed by atoms with Gasteiger partial charge in [-0.15, -0.1) is 0 Å². The van der Waals surface area contributed by atoms with Gasteiger partial charge >= 0.3 is 5.96 Å². The van der Waals surface area contributed by atoms with E-state index in [-0.39, 0.29) is 36.4 Å². The minimum absolute atomic E-state index is 0.0857. The summed E-state index contributed by atoms with van der Waals surface area (Å²) in [4.78, 5) is 35.3. The van der Waals surface area contributed by atoms with E-state index >= 15 is 0 Å². The van der Waals surface area contributed by atoms with Crippen molar-refractivity contribution >= 4 is 23.7 Å². The van der Waals surface area contributed by atoms with E-state index in [0.29, 0.717) is 38.6 Å². The molecule has 0 saturated heterocycles. The summed E-state index contributed by atoms with van der Waals surface area (Å²) in [6.07, 6.45) is 11.5. The average molecular weight is 529 g/mol. The molecule has 0 aromatic carbocycles. The number of aliphatic hydroxyl groups excluding tert-OH is 2. The van der Waals surface area contributed by atoms with E-state index in [1.165, 1.54) is 0 Å². The van der Waals surface area contributed by atoms with Crippen molar-refractivity contribution in [2.24, 2.45) is 23.3 Å². The highest BCUT2D eigenvalue weighted by atomic mass is 16.4. The highest BCUT2D eigenvalue weighted by Crippen LogP contribution is 2.34. The molecule has 214 valence electrons. The fourth-order valence-electron chi connectivity index (χ4n) is 4.23. The maximum absolute atomic E-state index is 12.1. The number of hydrogen-bond acceptors (Lipinski definition) is 7. The Morgan fingerprint density at radius 3 is 2.38 bits per heavy atom. The van der Waals surface area contributed by atoms with E-state index in [9.17, 15) is 34.8 Å². The summed E-state index contributed by atoms with van der Waals surface area (Å²) in [6, 6.07) is -0.661. The van der Waals surface area contributed by atoms with Crippen molar-refractivity contribution in [2.75, 3.05) is 6.54 Å². The summed E-state index contributed by atoms with van der Waals surface area (Å²) >= 11 is 0. The average Bonchev–Trinajstić information content (AvgIpc) is 3.09. The number of unbranched alkanes of at least 4 members (excludes halogenated alkanes) is 5. The molecule has 0 aromatic rings. The molecule has 0 spiro atoms. The van der Waals surface area contributed by atoms with Crippen LogP contribution in [-0.4, -0.2) is 58.7 Å². The molecule has 0 radical (unpaired) electrons. The topological polar surface area (TPSA) is 231 Å². The van der Waals surface area contributed by atoms with Crippen molar-refractivity contribution in [1.29, 1.82) is 0 Å². The molecule has 1 saturated carbocycles. The molecule has 1 aliphatic carbocycles. The van der Waals surface area contributed by atoms with Crippen LogP contribution in [0.2, 0.25) is 0 Å². The van der Waals surface area contributed by atoms with E-state index in [2.05, 4.69) is 17.6 Å². The first kappa shape index (κ1) is 34.5. The van der Waals surface area contributed by atoms with Crippen LogP contribution in [0.4, 0.5) is 0 Å². The smallest absolute Gasteiger partial charge is 0.338 e. The van der Waals surface area contributed by atoms with Crippen LogP contribution >= 0.6 is 0 Å². The molecule has 0 heterocycles. The molecule has 1 rings (SSSR count). The molecule has 0 bridgehead atoms. The second kappa shape index (κ2) is 20.5. The van der Waals surface area contributed by atoms with Crippen LogP contribution < -0.4 is 32.4 Å². The van der Waals surface area contributed by atoms with Gasteiger partial charge in [0, 0.05) is 30.6 Å². The van der Waals surface area contributed by atoms with Crippen molar-refractivity contribution in [2.45, 2.75) is 109 Å². The van der Waals surface area contributed by atoms with Gasteiger partial charge in [-0.1, -0.05) is 57.6 Å². The van der Waals surface area contributed by atoms with Crippen molar-refractivity contribution in [3.8, 4) is 0 Å². The van der Waals surface area contributed by atoms with Gasteiger partial charge in [0.15, 0.2) is 0 Å². The maximum atomic E-state index is 12.1. The lowest BCUT2D eigenvalue weighted by molar-refractivity contribution is -0.466. The maximum Gasteiger partial charge on any atom is 0.338 e. The normalized spacial score (nSPS) is 20.8. The van der Waals surface area contributed by atoms with Gasteiger partial charge in [0.05, 0.1) is 24.7 Å². The summed E-state index contributed by atoms with van der Waals surface area (Å²) in [7, 11) is 0. The molecular weight excluding hydrogens is 480 g/mol. The number of nitrogens with one attached hydrogen (secondary N) is 1. The summed E-state index contributed by atoms with van der Waals surface area (Å²) in [5.74, 6) is -2.30. The number of Topliss-reactive ketones (excluding diaryl/α,β-unsaturated/α-hetero) is 1. The van der Waals surface area contributed by atoms with Gasteiger partial charge in [0.25, 0.3) is 0 Å². The third kappa shape index (κ3) is 17.6. The number of carbonyl (C=O) groups excluding carboxylic acids is 3. The van der Waals surface area contributed by atoms with Crippen LogP contribution in [0.5, 0.6) is 0 Å². The molecule has 10 N–H and O–H groups in total. The molecule has 1 fully saturated rings. The number of guanidine groups is 1. The zero-order valence-electron chi connectivity index (χ0n) is 22.2. The Kier molecular flexibility index (Phi) is 19.2. The first-order valence-corrected chi connectivity index (χ1v) is 13.4. The summed E-state index contributed by atoms with van der Waals surface area (Å²) < 4.78 is 0. The van der Waals surface area contributed by atoms with Crippen molar-refractivity contribution in [3.05, 3.63) is 12.2 Å². The van der Waals surface area contributed by atoms with Gasteiger partial charge in [-0.2, -0.15) is 0 Å². The number of ketones is 1. The van der Waals surface area contributed by atoms with Gasteiger partial charge in [-0.3, -0.25) is 21.3 Å². The fourth-order valence-corrected chi connectivity index (χ4v) is 4.23. The zero-order chi connectivity index (χ0) is 28.2. The predicted molar refractivity (Wildman–Crippen MR) is 135 cm³/mol. The van der Waals surface area contributed by atoms with Gasteiger partial charge in [0.1, 0.15) is 11.8 Å². The molecule has 11 heteroatoms. The van der Waals surface area contributed by atoms with Crippen LogP contribution in [0, 0.1) is 11.8 Å². The minimum atomic E-state index is -1.13. The van der Waals surface area contributed by atoms with Gasteiger partial charge in [0.2, 0.25) is 0 Å². The number of carboxylic acids is 2. The lowest BCUT2D eigenvalue weighted by Gasteiger charge is -2.18. The second-order valence-corrected chi connectivity index (χ2v) is 9.73. The number of quaternary nitrogens is 1. The Labute approximate surface area is 220 Å². The first-order valence-electron chi connectivity index (χ1n) is 13.4. The molecule has 1 aliphatic rings. The van der Waals surface area contributed by atoms with Crippen LogP contribution in [0.1, 0.15) is 90.4 Å². The molecule has 0 amide bonds. The number of rotatable bonds is 18. The zero-order valence-corrected chi connectivity index (χ0v) is 22.2. The van der Waals surface area contributed by atoms with E-state index < -0.39 is 30.2 Å². The van der Waals surface area contributed by atoms with Crippen molar-refractivity contribution < 1.29 is 45.5 Å². The molecule has 37 heavy (non-hydrogen) atoms. The van der Waals surface area contributed by atoms with Crippen LogP contribution in [-0.2, 0) is 14.4 Å². The Balaban J connectivity index is 0.000000908. The SMILES string of the molecule is CCCCC[C@H](O)/C=C/[C@H]1[C@H](O)CC(=O)[C@@H]1CCCCCCC(=O)[O-].NC(N)=[NH+]CCC[C@H]([NH3+])C(=O)[O-]. The van der Waals surface area contributed by atoms with E-state index in [1.54, 1.807) is 6.08 Å². The number of carbonyl (C=O) groups is 3. The Hall–Kier alpha value is -2.50. The fraction of sp³-hybridized carbons (Fsp3) is 0.769. The molecule has 11 nitrogen and oxygen atoms in total. The molecule has 5 atom stereocenters. The Morgan fingerprint density at radius 2 is 1.78 bits per heavy atom. The van der Waals surface area contributed by atoms with Gasteiger partial charge in [-0.25, -0.2) is 0 Å². The number of hydrogen-bond donors (Lipinski definition) is 6. The van der Waals surface area contributed by atoms with E-state index in [4.69, 9.17) is 11.5 Å². The minimum Gasteiger partial charge on any atom is -0.550 e. The lowest BCUT2D eigenvalue weighted by Crippen LogP contribution is -2.78. The predicted octanol–water partition coefficient (Wildman–Crippen LogP) is -3.38. The number of carboxylic acid groups (broad SMARTS) is 2. The summed E-state index contributed by atoms with van der Waals surface area (Å²) in [6.45, 7) is 2.67. The first-order chi connectivity index (χ1) is 17.5. The number of aliphatic hydroxyl groups is 2. The van der Waals surface area contributed by atoms with Crippen LogP contribution in [0.15, 0.2) is 12.2 Å². The molecule has 0 aromatic heterocycles. The molecular formula is C26H48N4O7. The standard InChI is InChI=1S/C20H34O5.C6H14N4O2/c1-2-3-6-9-15(21)12-13-17-16(18(22)14-19(17)23)10-7-4-5-8-11-20(24)25;7-4(5(11)12)2-1-3-10-6(8)9/h12-13,15-17,19,21,23H,2-11,14H2,1H3,(H,24,25);4H,1-3,7H2,(H,11,12)(H4,8,9,10)/b13-12+;/t15-,16+,17+,19+;4-/m00/s1. The Bertz CT molecular complexity index is 726. The van der Waals surface area contributed by atoms with Crippen LogP contribution in [0.3, 0.4) is 0 Å². The quantitative estimate of drug-likeness (QED) is 0.0450. The van der Waals surface area contributed by atoms with Crippen molar-refractivity contribution in [3.63, 3.8) is 0 Å². The van der Waals surface area contributed by atoms with Crippen molar-refractivity contribution in [1.82, 2.24) is 0 Å². The summed E-state index contributed by atoms with van der Waals surface area (Å²) in [5.41, 5.74) is 13.6. The second-order valence-electron chi connectivity index (χ2n) is 9.73. The summed E-state index contributed by atoms with van der Waals surface area (Å²) in [5, 5.41) is 40.7. The third-order valence-corrected chi connectivity index (χ3v) is 6.43. The lowest BCUT2D eigenvalue weighted by atomic mass is 9.88. The van der Waals surface area contributed by atoms with E-state index in [0.717, 1.165) is 38.5 Å². The monoisotopic (exact) mass is 528 g/mol. The highest BCUT2D eigenvalue weighted by Gasteiger charge is 2.39. The van der Waals surface area contributed by atoms with E-state index in [1.807, 2.05) is 6.08 Å². The van der Waals surface area contributed by atoms with Gasteiger partial charge in [-0.05, 0) is 32.1 Å². The molecule has 0 unspecified atom stereocenters.